The van der Waals surface area contributed by atoms with Gasteiger partial charge in [-0.2, -0.15) is 0 Å². The molecule has 1 amide bonds. The summed E-state index contributed by atoms with van der Waals surface area (Å²) in [5.41, 5.74) is 3.64. The lowest BCUT2D eigenvalue weighted by atomic mass is 9.84. The Morgan fingerprint density at radius 3 is 2.75 bits per heavy atom. The molecule has 4 rings (SSSR count). The molecular weight excluding hydrogens is 358 g/mol. The Balaban J connectivity index is 1.37. The predicted molar refractivity (Wildman–Crippen MR) is 103 cm³/mol. The topological polar surface area (TPSA) is 69.9 Å². The monoisotopic (exact) mass is 385 g/mol. The number of nitrogens with one attached hydrogen (secondary N) is 1. The third-order valence-corrected chi connectivity index (χ3v) is 5.50. The van der Waals surface area contributed by atoms with E-state index in [2.05, 4.69) is 5.48 Å². The van der Waals surface area contributed by atoms with Crippen molar-refractivity contribution >= 4 is 5.91 Å². The summed E-state index contributed by atoms with van der Waals surface area (Å²) in [5, 5.41) is 0. The van der Waals surface area contributed by atoms with Gasteiger partial charge in [-0.05, 0) is 55.0 Å². The Kier molecular flexibility index (Phi) is 6.17. The third-order valence-electron chi connectivity index (χ3n) is 5.50. The lowest BCUT2D eigenvalue weighted by Crippen LogP contribution is -2.33. The van der Waals surface area contributed by atoms with Crippen molar-refractivity contribution in [2.24, 2.45) is 5.92 Å². The molecule has 1 aromatic carbocycles. The second kappa shape index (κ2) is 9.15. The van der Waals surface area contributed by atoms with E-state index >= 15 is 0 Å². The summed E-state index contributed by atoms with van der Waals surface area (Å²) in [6.45, 7) is 1.55. The number of carbonyl (C=O) groups is 1. The normalized spacial score (nSPS) is 17.4. The van der Waals surface area contributed by atoms with Crippen LogP contribution in [0, 0.1) is 5.92 Å². The number of fused-ring (bicyclic) bond motifs is 1. The van der Waals surface area contributed by atoms with Crippen LogP contribution < -0.4 is 15.0 Å². The van der Waals surface area contributed by atoms with Gasteiger partial charge in [-0.3, -0.25) is 9.63 Å². The number of benzene rings is 1. The molecule has 1 atom stereocenters. The lowest BCUT2D eigenvalue weighted by molar-refractivity contribution is -0.136. The maximum atomic E-state index is 13.0. The Labute approximate surface area is 165 Å². The van der Waals surface area contributed by atoms with Gasteiger partial charge in [0.05, 0.1) is 18.8 Å². The molecule has 150 valence electrons. The number of furan rings is 1. The predicted octanol–water partition coefficient (Wildman–Crippen LogP) is 4.01. The number of hydroxylamine groups is 1. The fourth-order valence-electron chi connectivity index (χ4n) is 4.14. The highest BCUT2D eigenvalue weighted by molar-refractivity contribution is 5.83. The number of carbonyl (C=O) groups excluding carboxylic acids is 1. The molecule has 1 fully saturated rings. The Morgan fingerprint density at radius 2 is 1.96 bits per heavy atom. The number of aryl methyl sites for hydroxylation is 1. The van der Waals surface area contributed by atoms with E-state index in [1.165, 1.54) is 12.8 Å². The minimum Gasteiger partial charge on any atom is -0.486 e. The van der Waals surface area contributed by atoms with Crippen molar-refractivity contribution in [3.05, 3.63) is 47.9 Å². The minimum absolute atomic E-state index is 0.0819. The van der Waals surface area contributed by atoms with Crippen LogP contribution in [0.2, 0.25) is 0 Å². The van der Waals surface area contributed by atoms with E-state index in [-0.39, 0.29) is 11.8 Å². The van der Waals surface area contributed by atoms with E-state index in [9.17, 15) is 4.79 Å². The average Bonchev–Trinajstić information content (AvgIpc) is 3.42. The Morgan fingerprint density at radius 1 is 1.14 bits per heavy atom. The number of amides is 1. The number of hydrogen-bond acceptors (Lipinski definition) is 5. The van der Waals surface area contributed by atoms with Crippen LogP contribution in [-0.4, -0.2) is 25.7 Å². The van der Waals surface area contributed by atoms with Crippen molar-refractivity contribution in [3.8, 4) is 11.5 Å². The summed E-state index contributed by atoms with van der Waals surface area (Å²) >= 11 is 0. The van der Waals surface area contributed by atoms with Gasteiger partial charge in [0, 0.05) is 6.42 Å². The van der Waals surface area contributed by atoms with Gasteiger partial charge in [-0.1, -0.05) is 18.9 Å². The van der Waals surface area contributed by atoms with Crippen LogP contribution in [0.25, 0.3) is 0 Å². The van der Waals surface area contributed by atoms with Gasteiger partial charge in [-0.25, -0.2) is 5.48 Å². The smallest absolute Gasteiger partial charge is 0.251 e. The van der Waals surface area contributed by atoms with Gasteiger partial charge in [0.1, 0.15) is 19.0 Å². The molecule has 1 unspecified atom stereocenters. The SMILES string of the molecule is O=C(NOCCCc1ccco1)C(c1ccc2c(c1)OCCO2)C1CCCC1. The first-order chi connectivity index (χ1) is 13.8. The average molecular weight is 385 g/mol. The third kappa shape index (κ3) is 4.50. The molecule has 2 heterocycles. The van der Waals surface area contributed by atoms with Crippen LogP contribution >= 0.6 is 0 Å². The van der Waals surface area contributed by atoms with E-state index in [4.69, 9.17) is 18.7 Å². The molecular formula is C22H27NO5. The van der Waals surface area contributed by atoms with Crippen molar-refractivity contribution in [3.63, 3.8) is 0 Å². The number of ether oxygens (including phenoxy) is 2. The highest BCUT2D eigenvalue weighted by Crippen LogP contribution is 2.40. The molecule has 0 radical (unpaired) electrons. The Hall–Kier alpha value is -2.47. The number of hydrogen-bond donors (Lipinski definition) is 1. The summed E-state index contributed by atoms with van der Waals surface area (Å²) in [6, 6.07) is 9.65. The molecule has 1 aliphatic heterocycles. The van der Waals surface area contributed by atoms with Crippen LogP contribution in [0.5, 0.6) is 11.5 Å². The van der Waals surface area contributed by atoms with Crippen LogP contribution in [0.15, 0.2) is 41.0 Å². The van der Waals surface area contributed by atoms with E-state index < -0.39 is 0 Å². The van der Waals surface area contributed by atoms with Crippen molar-refractivity contribution in [1.82, 2.24) is 5.48 Å². The molecule has 0 saturated heterocycles. The first-order valence-corrected chi connectivity index (χ1v) is 10.1. The van der Waals surface area contributed by atoms with Crippen molar-refractivity contribution in [1.29, 1.82) is 0 Å². The van der Waals surface area contributed by atoms with Gasteiger partial charge in [0.15, 0.2) is 11.5 Å². The van der Waals surface area contributed by atoms with E-state index in [1.54, 1.807) is 6.26 Å². The van der Waals surface area contributed by atoms with Crippen LogP contribution in [-0.2, 0) is 16.1 Å². The van der Waals surface area contributed by atoms with Crippen LogP contribution in [0.4, 0.5) is 0 Å². The second-order valence-electron chi connectivity index (χ2n) is 7.42. The fraction of sp³-hybridized carbons (Fsp3) is 0.500. The molecule has 28 heavy (non-hydrogen) atoms. The summed E-state index contributed by atoms with van der Waals surface area (Å²) in [5.74, 6) is 2.41. The zero-order valence-corrected chi connectivity index (χ0v) is 16.0. The van der Waals surface area contributed by atoms with Gasteiger partial charge in [0.2, 0.25) is 0 Å². The van der Waals surface area contributed by atoms with E-state index in [0.29, 0.717) is 25.7 Å². The molecule has 0 bridgehead atoms. The van der Waals surface area contributed by atoms with Crippen LogP contribution in [0.3, 0.4) is 0 Å². The number of rotatable bonds is 8. The molecule has 1 aromatic heterocycles. The maximum absolute atomic E-state index is 13.0. The molecule has 0 spiro atoms. The minimum atomic E-state index is -0.233. The quantitative estimate of drug-likeness (QED) is 0.549. The summed E-state index contributed by atoms with van der Waals surface area (Å²) in [4.78, 5) is 18.4. The van der Waals surface area contributed by atoms with Crippen molar-refractivity contribution in [2.75, 3.05) is 19.8 Å². The highest BCUT2D eigenvalue weighted by Gasteiger charge is 2.33. The fourth-order valence-corrected chi connectivity index (χ4v) is 4.14. The standard InChI is InChI=1S/C22H27NO5/c24-22(23-28-12-4-8-18-7-3-11-25-18)21(16-5-1-2-6-16)17-9-10-19-20(15-17)27-14-13-26-19/h3,7,9-11,15-16,21H,1-2,4-6,8,12-14H2,(H,23,24). The summed E-state index contributed by atoms with van der Waals surface area (Å²) < 4.78 is 16.6. The van der Waals surface area contributed by atoms with Crippen molar-refractivity contribution < 1.29 is 23.5 Å². The second-order valence-corrected chi connectivity index (χ2v) is 7.42. The largest absolute Gasteiger partial charge is 0.486 e. The molecule has 6 nitrogen and oxygen atoms in total. The Bertz CT molecular complexity index is 767. The van der Waals surface area contributed by atoms with E-state index in [0.717, 1.165) is 48.5 Å². The zero-order chi connectivity index (χ0) is 19.2. The summed E-state index contributed by atoms with van der Waals surface area (Å²) in [6.07, 6.45) is 7.70. The lowest BCUT2D eigenvalue weighted by Gasteiger charge is -2.25. The molecule has 1 N–H and O–H groups in total. The van der Waals surface area contributed by atoms with Crippen LogP contribution in [0.1, 0.15) is 49.3 Å². The maximum Gasteiger partial charge on any atom is 0.251 e. The molecule has 2 aromatic rings. The molecule has 1 saturated carbocycles. The first kappa shape index (κ1) is 18.9. The summed E-state index contributed by atoms with van der Waals surface area (Å²) in [7, 11) is 0. The molecule has 1 aliphatic carbocycles. The molecule has 6 heteroatoms. The van der Waals surface area contributed by atoms with Crippen molar-refractivity contribution in [2.45, 2.75) is 44.4 Å². The molecule has 2 aliphatic rings. The van der Waals surface area contributed by atoms with Gasteiger partial charge < -0.3 is 13.9 Å². The van der Waals surface area contributed by atoms with Gasteiger partial charge in [-0.15, -0.1) is 0 Å². The van der Waals surface area contributed by atoms with E-state index in [1.807, 2.05) is 30.3 Å². The van der Waals surface area contributed by atoms with Gasteiger partial charge >= 0.3 is 0 Å². The first-order valence-electron chi connectivity index (χ1n) is 10.1. The zero-order valence-electron chi connectivity index (χ0n) is 16.0. The van der Waals surface area contributed by atoms with Gasteiger partial charge in [0.25, 0.3) is 5.91 Å². The highest BCUT2D eigenvalue weighted by atomic mass is 16.6.